The zero-order valence-electron chi connectivity index (χ0n) is 15.4. The van der Waals surface area contributed by atoms with Gasteiger partial charge in [0.1, 0.15) is 17.5 Å². The molecule has 0 saturated heterocycles. The van der Waals surface area contributed by atoms with E-state index >= 15 is 0 Å². The lowest BCUT2D eigenvalue weighted by atomic mass is 10.1. The average Bonchev–Trinajstić information content (AvgIpc) is 2.63. The second-order valence-corrected chi connectivity index (χ2v) is 5.41. The van der Waals surface area contributed by atoms with Gasteiger partial charge >= 0.3 is 5.97 Å². The van der Waals surface area contributed by atoms with Crippen molar-refractivity contribution >= 4 is 17.7 Å². The maximum Gasteiger partial charge on any atom is 0.347 e. The lowest BCUT2D eigenvalue weighted by Crippen LogP contribution is -2.26. The molecular formula is C18H21N5O4. The number of aromatic nitrogens is 2. The Hall–Kier alpha value is -3.54. The highest BCUT2D eigenvalue weighted by Crippen LogP contribution is 2.35. The lowest BCUT2D eigenvalue weighted by molar-refractivity contribution is -0.150. The molecule has 1 unspecified atom stereocenters. The van der Waals surface area contributed by atoms with Crippen LogP contribution in [-0.4, -0.2) is 35.3 Å². The first-order valence-electron chi connectivity index (χ1n) is 8.34. The molecule has 9 nitrogen and oxygen atoms in total. The molecule has 0 radical (unpaired) electrons. The predicted octanol–water partition coefficient (Wildman–Crippen LogP) is 1.91. The summed E-state index contributed by atoms with van der Waals surface area (Å²) in [6, 6.07) is 6.90. The van der Waals surface area contributed by atoms with Crippen molar-refractivity contribution in [3.63, 3.8) is 0 Å². The molecule has 0 aliphatic carbocycles. The molecule has 1 heterocycles. The standard InChI is InChI=1S/C18H21N5O4/c1-4-25-14-8-11(15-12(9-19)16(20)23-18(21)22-15)6-7-13(14)27-10(3)17(24)26-5-2/h6-8,10H,4-5H2,1-3H3,(H4,20,21,22,23). The van der Waals surface area contributed by atoms with Crippen molar-refractivity contribution in [1.82, 2.24) is 9.97 Å². The molecule has 1 atom stereocenters. The maximum atomic E-state index is 11.8. The number of nitrogens with two attached hydrogens (primary N) is 2. The fourth-order valence-corrected chi connectivity index (χ4v) is 2.33. The van der Waals surface area contributed by atoms with E-state index in [0.29, 0.717) is 23.7 Å². The van der Waals surface area contributed by atoms with Crippen LogP contribution in [0.2, 0.25) is 0 Å². The summed E-state index contributed by atoms with van der Waals surface area (Å²) >= 11 is 0. The third-order valence-electron chi connectivity index (χ3n) is 3.51. The van der Waals surface area contributed by atoms with Crippen LogP contribution in [0.15, 0.2) is 18.2 Å². The molecule has 2 aromatic rings. The van der Waals surface area contributed by atoms with Gasteiger partial charge in [0.05, 0.1) is 18.9 Å². The summed E-state index contributed by atoms with van der Waals surface area (Å²) in [5.41, 5.74) is 12.4. The number of nitrogen functional groups attached to an aromatic ring is 2. The largest absolute Gasteiger partial charge is 0.490 e. The topological polar surface area (TPSA) is 146 Å². The van der Waals surface area contributed by atoms with Gasteiger partial charge < -0.3 is 25.7 Å². The Morgan fingerprint density at radius 2 is 1.96 bits per heavy atom. The van der Waals surface area contributed by atoms with Crippen molar-refractivity contribution in [1.29, 1.82) is 5.26 Å². The summed E-state index contributed by atoms with van der Waals surface area (Å²) in [7, 11) is 0. The Kier molecular flexibility index (Phi) is 6.38. The summed E-state index contributed by atoms with van der Waals surface area (Å²) in [6.07, 6.45) is -0.810. The molecule has 27 heavy (non-hydrogen) atoms. The van der Waals surface area contributed by atoms with E-state index in [2.05, 4.69) is 9.97 Å². The van der Waals surface area contributed by atoms with E-state index in [1.54, 1.807) is 32.0 Å². The van der Waals surface area contributed by atoms with E-state index in [4.69, 9.17) is 25.7 Å². The minimum Gasteiger partial charge on any atom is -0.490 e. The number of nitrogens with zero attached hydrogens (tertiary/aromatic N) is 3. The van der Waals surface area contributed by atoms with Gasteiger partial charge in [-0.25, -0.2) is 9.78 Å². The molecule has 0 bridgehead atoms. The van der Waals surface area contributed by atoms with Gasteiger partial charge in [0, 0.05) is 5.56 Å². The van der Waals surface area contributed by atoms with Gasteiger partial charge in [-0.2, -0.15) is 10.2 Å². The Bertz CT molecular complexity index is 879. The molecule has 2 rings (SSSR count). The van der Waals surface area contributed by atoms with Crippen LogP contribution in [0.25, 0.3) is 11.3 Å². The van der Waals surface area contributed by atoms with Gasteiger partial charge in [-0.05, 0) is 39.0 Å². The first-order chi connectivity index (χ1) is 12.9. The monoisotopic (exact) mass is 371 g/mol. The second kappa shape index (κ2) is 8.71. The van der Waals surface area contributed by atoms with Gasteiger partial charge in [-0.15, -0.1) is 0 Å². The molecule has 0 fully saturated rings. The lowest BCUT2D eigenvalue weighted by Gasteiger charge is -2.17. The molecule has 0 aliphatic heterocycles. The van der Waals surface area contributed by atoms with E-state index in [1.165, 1.54) is 0 Å². The number of anilines is 2. The van der Waals surface area contributed by atoms with Crippen LogP contribution in [0, 0.1) is 11.3 Å². The van der Waals surface area contributed by atoms with Crippen molar-refractivity contribution < 1.29 is 19.0 Å². The number of ether oxygens (including phenoxy) is 3. The second-order valence-electron chi connectivity index (χ2n) is 5.41. The maximum absolute atomic E-state index is 11.8. The van der Waals surface area contributed by atoms with Crippen molar-refractivity contribution in [2.24, 2.45) is 0 Å². The van der Waals surface area contributed by atoms with E-state index < -0.39 is 12.1 Å². The van der Waals surface area contributed by atoms with Crippen LogP contribution >= 0.6 is 0 Å². The zero-order chi connectivity index (χ0) is 20.0. The molecule has 0 amide bonds. The van der Waals surface area contributed by atoms with Gasteiger partial charge in [-0.1, -0.05) is 0 Å². The van der Waals surface area contributed by atoms with Crippen LogP contribution in [0.4, 0.5) is 11.8 Å². The number of esters is 1. The summed E-state index contributed by atoms with van der Waals surface area (Å²) in [4.78, 5) is 19.7. The predicted molar refractivity (Wildman–Crippen MR) is 98.9 cm³/mol. The Balaban J connectivity index is 2.44. The summed E-state index contributed by atoms with van der Waals surface area (Å²) in [5.74, 6) is 0.206. The first kappa shape index (κ1) is 19.8. The van der Waals surface area contributed by atoms with E-state index in [1.807, 2.05) is 13.0 Å². The van der Waals surface area contributed by atoms with Crippen LogP contribution < -0.4 is 20.9 Å². The molecule has 1 aromatic heterocycles. The molecule has 0 saturated carbocycles. The van der Waals surface area contributed by atoms with Crippen molar-refractivity contribution in [3.8, 4) is 28.8 Å². The average molecular weight is 371 g/mol. The first-order valence-corrected chi connectivity index (χ1v) is 8.34. The zero-order valence-corrected chi connectivity index (χ0v) is 15.4. The quantitative estimate of drug-likeness (QED) is 0.696. The molecule has 142 valence electrons. The Morgan fingerprint density at radius 3 is 2.59 bits per heavy atom. The van der Waals surface area contributed by atoms with Crippen LogP contribution in [0.3, 0.4) is 0 Å². The summed E-state index contributed by atoms with van der Waals surface area (Å²) < 4.78 is 16.2. The highest BCUT2D eigenvalue weighted by atomic mass is 16.6. The molecule has 9 heteroatoms. The summed E-state index contributed by atoms with van der Waals surface area (Å²) in [6.45, 7) is 5.74. The van der Waals surface area contributed by atoms with Crippen molar-refractivity contribution in [2.45, 2.75) is 26.9 Å². The van der Waals surface area contributed by atoms with E-state index in [0.717, 1.165) is 0 Å². The van der Waals surface area contributed by atoms with Crippen LogP contribution in [0.1, 0.15) is 26.3 Å². The number of nitriles is 1. The fourth-order valence-electron chi connectivity index (χ4n) is 2.33. The van der Waals surface area contributed by atoms with Crippen molar-refractivity contribution in [3.05, 3.63) is 23.8 Å². The number of benzene rings is 1. The molecule has 1 aromatic carbocycles. The number of carbonyl (C=O) groups is 1. The summed E-state index contributed by atoms with van der Waals surface area (Å²) in [5, 5.41) is 9.35. The van der Waals surface area contributed by atoms with Crippen LogP contribution in [0.5, 0.6) is 11.5 Å². The number of hydrogen-bond donors (Lipinski definition) is 2. The highest BCUT2D eigenvalue weighted by molar-refractivity contribution is 5.76. The normalized spacial score (nSPS) is 11.3. The smallest absolute Gasteiger partial charge is 0.347 e. The Labute approximate surface area is 156 Å². The molecule has 0 spiro atoms. The van der Waals surface area contributed by atoms with Crippen LogP contribution in [-0.2, 0) is 9.53 Å². The van der Waals surface area contributed by atoms with Crippen molar-refractivity contribution in [2.75, 3.05) is 24.7 Å². The minimum atomic E-state index is -0.810. The number of rotatable bonds is 7. The van der Waals surface area contributed by atoms with Gasteiger partial charge in [0.2, 0.25) is 5.95 Å². The van der Waals surface area contributed by atoms with Gasteiger partial charge in [-0.3, -0.25) is 0 Å². The molecule has 4 N–H and O–H groups in total. The number of carbonyl (C=O) groups excluding carboxylic acids is 1. The third kappa shape index (κ3) is 4.55. The molecular weight excluding hydrogens is 350 g/mol. The van der Waals surface area contributed by atoms with E-state index in [9.17, 15) is 10.1 Å². The highest BCUT2D eigenvalue weighted by Gasteiger charge is 2.20. The van der Waals surface area contributed by atoms with Gasteiger partial charge in [0.15, 0.2) is 17.6 Å². The fraction of sp³-hybridized carbons (Fsp3) is 0.333. The van der Waals surface area contributed by atoms with E-state index in [-0.39, 0.29) is 29.6 Å². The number of hydrogen-bond acceptors (Lipinski definition) is 9. The molecule has 0 aliphatic rings. The SMILES string of the molecule is CCOC(=O)C(C)Oc1ccc(-c2nc(N)nc(N)c2C#N)cc1OCC. The van der Waals surface area contributed by atoms with Gasteiger partial charge in [0.25, 0.3) is 0 Å². The third-order valence-corrected chi connectivity index (χ3v) is 3.51. The minimum absolute atomic E-state index is 0.00535. The Morgan fingerprint density at radius 1 is 1.22 bits per heavy atom.